The molecular weight excluding hydrogens is 336 g/mol. The summed E-state index contributed by atoms with van der Waals surface area (Å²) >= 11 is 3.40. The average molecular weight is 353 g/mol. The van der Waals surface area contributed by atoms with Gasteiger partial charge < -0.3 is 20.2 Å². The van der Waals surface area contributed by atoms with Crippen molar-refractivity contribution in [1.82, 2.24) is 0 Å². The van der Waals surface area contributed by atoms with Crippen LogP contribution >= 0.6 is 15.9 Å². The highest BCUT2D eigenvalue weighted by Crippen LogP contribution is 2.26. The van der Waals surface area contributed by atoms with Crippen LogP contribution in [0.1, 0.15) is 30.0 Å². The lowest BCUT2D eigenvalue weighted by molar-refractivity contribution is 0.102. The summed E-state index contributed by atoms with van der Waals surface area (Å²) in [6, 6.07) is 7.04. The minimum absolute atomic E-state index is 0.0591. The second-order valence-electron chi connectivity index (χ2n) is 4.80. The van der Waals surface area contributed by atoms with Crippen molar-refractivity contribution in [1.29, 1.82) is 0 Å². The van der Waals surface area contributed by atoms with Crippen LogP contribution in [-0.2, 0) is 6.54 Å². The molecule has 0 fully saturated rings. The van der Waals surface area contributed by atoms with E-state index in [1.807, 2.05) is 19.9 Å². The van der Waals surface area contributed by atoms with Crippen LogP contribution < -0.4 is 15.8 Å². The molecule has 0 spiro atoms. The smallest absolute Gasteiger partial charge is 0.258 e. The van der Waals surface area contributed by atoms with E-state index in [0.29, 0.717) is 22.8 Å². The van der Waals surface area contributed by atoms with Crippen molar-refractivity contribution >= 4 is 27.5 Å². The fraction of sp³-hybridized carbons (Fsp3) is 0.267. The molecule has 1 heterocycles. The van der Waals surface area contributed by atoms with E-state index in [-0.39, 0.29) is 18.6 Å². The monoisotopic (exact) mass is 352 g/mol. The first kappa shape index (κ1) is 15.6. The first-order chi connectivity index (χ1) is 9.97. The van der Waals surface area contributed by atoms with Crippen LogP contribution in [0.15, 0.2) is 39.4 Å². The highest BCUT2D eigenvalue weighted by Gasteiger charge is 2.11. The van der Waals surface area contributed by atoms with Crippen molar-refractivity contribution in [3.8, 4) is 5.75 Å². The van der Waals surface area contributed by atoms with Crippen molar-refractivity contribution in [3.63, 3.8) is 0 Å². The number of anilines is 1. The number of nitrogens with two attached hydrogens (primary N) is 1. The molecular formula is C15H17BrN2O3. The molecule has 112 valence electrons. The van der Waals surface area contributed by atoms with Crippen molar-refractivity contribution in [2.45, 2.75) is 26.5 Å². The van der Waals surface area contributed by atoms with E-state index in [1.54, 1.807) is 18.2 Å². The lowest BCUT2D eigenvalue weighted by atomic mass is 10.2. The van der Waals surface area contributed by atoms with Crippen LogP contribution in [0.25, 0.3) is 0 Å². The predicted octanol–water partition coefficient (Wildman–Crippen LogP) is 3.54. The zero-order valence-corrected chi connectivity index (χ0v) is 13.4. The Balaban J connectivity index is 2.14. The molecule has 2 rings (SSSR count). The fourth-order valence-electron chi connectivity index (χ4n) is 1.79. The quantitative estimate of drug-likeness (QED) is 0.862. The van der Waals surface area contributed by atoms with Gasteiger partial charge in [-0.15, -0.1) is 0 Å². The maximum absolute atomic E-state index is 12.1. The number of nitrogens with one attached hydrogen (secondary N) is 1. The SMILES string of the molecule is CC(C)Oc1cc(Br)cc(NC(=O)c2coc(CN)c2)c1. The molecule has 0 saturated carbocycles. The maximum Gasteiger partial charge on any atom is 0.258 e. The molecule has 1 aromatic heterocycles. The third kappa shape index (κ3) is 4.34. The lowest BCUT2D eigenvalue weighted by Crippen LogP contribution is -2.11. The molecule has 0 atom stereocenters. The summed E-state index contributed by atoms with van der Waals surface area (Å²) in [7, 11) is 0. The van der Waals surface area contributed by atoms with Gasteiger partial charge in [-0.05, 0) is 32.0 Å². The number of hydrogen-bond donors (Lipinski definition) is 2. The van der Waals surface area contributed by atoms with E-state index in [2.05, 4.69) is 21.2 Å². The lowest BCUT2D eigenvalue weighted by Gasteiger charge is -2.12. The fourth-order valence-corrected chi connectivity index (χ4v) is 2.26. The normalized spacial score (nSPS) is 10.7. The summed E-state index contributed by atoms with van der Waals surface area (Å²) in [5, 5.41) is 2.80. The van der Waals surface area contributed by atoms with Crippen LogP contribution in [-0.4, -0.2) is 12.0 Å². The Kier molecular flexibility index (Phi) is 5.03. The summed E-state index contributed by atoms with van der Waals surface area (Å²) in [6.45, 7) is 4.15. The summed E-state index contributed by atoms with van der Waals surface area (Å²) in [4.78, 5) is 12.1. The van der Waals surface area contributed by atoms with Gasteiger partial charge in [-0.2, -0.15) is 0 Å². The van der Waals surface area contributed by atoms with Gasteiger partial charge in [0.2, 0.25) is 0 Å². The molecule has 2 aromatic rings. The Hall–Kier alpha value is -1.79. The van der Waals surface area contributed by atoms with Gasteiger partial charge >= 0.3 is 0 Å². The molecule has 5 nitrogen and oxygen atoms in total. The molecule has 0 aliphatic heterocycles. The number of amides is 1. The van der Waals surface area contributed by atoms with E-state index in [1.165, 1.54) is 6.26 Å². The van der Waals surface area contributed by atoms with Gasteiger partial charge in [-0.25, -0.2) is 0 Å². The Morgan fingerprint density at radius 3 is 2.76 bits per heavy atom. The highest BCUT2D eigenvalue weighted by molar-refractivity contribution is 9.10. The minimum Gasteiger partial charge on any atom is -0.491 e. The highest BCUT2D eigenvalue weighted by atomic mass is 79.9. The second-order valence-corrected chi connectivity index (χ2v) is 5.72. The molecule has 0 unspecified atom stereocenters. The van der Waals surface area contributed by atoms with Crippen LogP contribution in [0.5, 0.6) is 5.75 Å². The Bertz CT molecular complexity index is 638. The molecule has 0 radical (unpaired) electrons. The van der Waals surface area contributed by atoms with Crippen LogP contribution in [0.2, 0.25) is 0 Å². The number of ether oxygens (including phenoxy) is 1. The van der Waals surface area contributed by atoms with Gasteiger partial charge in [0.15, 0.2) is 0 Å². The van der Waals surface area contributed by atoms with Crippen molar-refractivity contribution < 1.29 is 13.9 Å². The number of furan rings is 1. The van der Waals surface area contributed by atoms with Crippen molar-refractivity contribution in [3.05, 3.63) is 46.3 Å². The van der Waals surface area contributed by atoms with Crippen molar-refractivity contribution in [2.24, 2.45) is 5.73 Å². The molecule has 6 heteroatoms. The Labute approximate surface area is 131 Å². The van der Waals surface area contributed by atoms with Gasteiger partial charge in [0, 0.05) is 16.2 Å². The molecule has 0 saturated heterocycles. The van der Waals surface area contributed by atoms with E-state index in [9.17, 15) is 4.79 Å². The van der Waals surface area contributed by atoms with E-state index >= 15 is 0 Å². The largest absolute Gasteiger partial charge is 0.491 e. The number of carbonyl (C=O) groups is 1. The van der Waals surface area contributed by atoms with Gasteiger partial charge in [0.25, 0.3) is 5.91 Å². The summed E-state index contributed by atoms with van der Waals surface area (Å²) in [6.07, 6.45) is 1.45. The van der Waals surface area contributed by atoms with Crippen LogP contribution in [0, 0.1) is 0 Å². The van der Waals surface area contributed by atoms with Crippen molar-refractivity contribution in [2.75, 3.05) is 5.32 Å². The first-order valence-corrected chi connectivity index (χ1v) is 7.33. The second kappa shape index (κ2) is 6.78. The minimum atomic E-state index is -0.257. The number of benzene rings is 1. The molecule has 1 amide bonds. The molecule has 21 heavy (non-hydrogen) atoms. The van der Waals surface area contributed by atoms with Gasteiger partial charge in [-0.3, -0.25) is 4.79 Å². The predicted molar refractivity (Wildman–Crippen MR) is 84.5 cm³/mol. The molecule has 0 aliphatic carbocycles. The summed E-state index contributed by atoms with van der Waals surface area (Å²) in [5.74, 6) is 0.995. The standard InChI is InChI=1S/C15H17BrN2O3/c1-9(2)21-13-5-11(16)4-12(6-13)18-15(19)10-3-14(7-17)20-8-10/h3-6,8-9H,7,17H2,1-2H3,(H,18,19). The maximum atomic E-state index is 12.1. The zero-order valence-electron chi connectivity index (χ0n) is 11.9. The number of hydrogen-bond acceptors (Lipinski definition) is 4. The van der Waals surface area contributed by atoms with E-state index in [4.69, 9.17) is 14.9 Å². The molecule has 0 aliphatic rings. The summed E-state index contributed by atoms with van der Waals surface area (Å²) in [5.41, 5.74) is 6.53. The first-order valence-electron chi connectivity index (χ1n) is 6.54. The van der Waals surface area contributed by atoms with Gasteiger partial charge in [0.05, 0.1) is 18.2 Å². The Morgan fingerprint density at radius 2 is 2.14 bits per heavy atom. The average Bonchev–Trinajstić information content (AvgIpc) is 2.85. The van der Waals surface area contributed by atoms with Crippen LogP contribution in [0.4, 0.5) is 5.69 Å². The third-order valence-corrected chi connectivity index (χ3v) is 3.08. The number of rotatable bonds is 5. The number of halogens is 1. The Morgan fingerprint density at radius 1 is 1.38 bits per heavy atom. The summed E-state index contributed by atoms with van der Waals surface area (Å²) < 4.78 is 11.6. The molecule has 3 N–H and O–H groups in total. The molecule has 0 bridgehead atoms. The molecule has 1 aromatic carbocycles. The van der Waals surface area contributed by atoms with E-state index < -0.39 is 0 Å². The third-order valence-electron chi connectivity index (χ3n) is 2.62. The number of carbonyl (C=O) groups excluding carboxylic acids is 1. The van der Waals surface area contributed by atoms with Gasteiger partial charge in [0.1, 0.15) is 17.8 Å². The van der Waals surface area contributed by atoms with Gasteiger partial charge in [-0.1, -0.05) is 15.9 Å². The van der Waals surface area contributed by atoms with Crippen LogP contribution in [0.3, 0.4) is 0 Å². The van der Waals surface area contributed by atoms with E-state index in [0.717, 1.165) is 4.47 Å². The zero-order chi connectivity index (χ0) is 15.4. The topological polar surface area (TPSA) is 77.5 Å².